The van der Waals surface area contributed by atoms with Crippen LogP contribution < -0.4 is 16.0 Å². The minimum absolute atomic E-state index is 0.0151. The molecular weight excluding hydrogens is 259 g/mol. The van der Waals surface area contributed by atoms with E-state index in [1.807, 2.05) is 0 Å². The number of anilines is 1. The fourth-order valence-corrected chi connectivity index (χ4v) is 1.40. The molecule has 0 aliphatic carbocycles. The van der Waals surface area contributed by atoms with Gasteiger partial charge in [0.2, 0.25) is 0 Å². The number of hydrazine groups is 1. The second-order valence-electron chi connectivity index (χ2n) is 3.40. The summed E-state index contributed by atoms with van der Waals surface area (Å²) in [5.41, 5.74) is 2.99. The fraction of sp³-hybridized carbons (Fsp3) is 0.0909. The number of rotatable bonds is 4. The van der Waals surface area contributed by atoms with Crippen molar-refractivity contribution < 1.29 is 9.13 Å². The van der Waals surface area contributed by atoms with Crippen molar-refractivity contribution in [3.8, 4) is 5.75 Å². The lowest BCUT2D eigenvalue weighted by Gasteiger charge is -2.06. The summed E-state index contributed by atoms with van der Waals surface area (Å²) in [6.45, 7) is 0.208. The van der Waals surface area contributed by atoms with Gasteiger partial charge in [-0.3, -0.25) is 4.98 Å². The molecule has 1 heterocycles. The molecule has 18 heavy (non-hydrogen) atoms. The molecule has 0 unspecified atom stereocenters. The lowest BCUT2D eigenvalue weighted by molar-refractivity contribution is 0.300. The maximum Gasteiger partial charge on any atom is 0.158 e. The number of halogens is 2. The van der Waals surface area contributed by atoms with Gasteiger partial charge in [0.1, 0.15) is 18.2 Å². The Labute approximate surface area is 108 Å². The SMILES string of the molecule is NNc1cnc(COc2ccc(F)c(Cl)c2)cn1. The average molecular weight is 269 g/mol. The molecule has 0 spiro atoms. The molecule has 0 aliphatic rings. The standard InChI is InChI=1S/C11H10ClFN4O/c12-9-3-8(1-2-10(9)13)18-6-7-4-16-11(17-14)5-15-7/h1-5H,6,14H2,(H,16,17). The van der Waals surface area contributed by atoms with E-state index in [0.29, 0.717) is 17.3 Å². The highest BCUT2D eigenvalue weighted by atomic mass is 35.5. The Morgan fingerprint density at radius 3 is 2.78 bits per heavy atom. The van der Waals surface area contributed by atoms with E-state index < -0.39 is 5.82 Å². The van der Waals surface area contributed by atoms with E-state index in [1.54, 1.807) is 0 Å². The number of hydrogen-bond acceptors (Lipinski definition) is 5. The number of nitrogen functional groups attached to an aromatic ring is 1. The van der Waals surface area contributed by atoms with Crippen LogP contribution in [0.5, 0.6) is 5.75 Å². The van der Waals surface area contributed by atoms with Crippen molar-refractivity contribution in [1.82, 2.24) is 9.97 Å². The van der Waals surface area contributed by atoms with Gasteiger partial charge in [-0.2, -0.15) is 0 Å². The van der Waals surface area contributed by atoms with Crippen molar-refractivity contribution in [3.05, 3.63) is 47.1 Å². The normalized spacial score (nSPS) is 10.2. The van der Waals surface area contributed by atoms with Crippen LogP contribution in [0.4, 0.5) is 10.2 Å². The molecule has 2 rings (SSSR count). The van der Waals surface area contributed by atoms with Gasteiger partial charge in [-0.25, -0.2) is 15.2 Å². The number of nitrogens with one attached hydrogen (secondary N) is 1. The first-order chi connectivity index (χ1) is 8.69. The van der Waals surface area contributed by atoms with Gasteiger partial charge in [0.25, 0.3) is 0 Å². The highest BCUT2D eigenvalue weighted by molar-refractivity contribution is 6.30. The molecule has 5 nitrogen and oxygen atoms in total. The number of ether oxygens (including phenoxy) is 1. The topological polar surface area (TPSA) is 73.1 Å². The summed E-state index contributed by atoms with van der Waals surface area (Å²) in [6.07, 6.45) is 3.01. The van der Waals surface area contributed by atoms with Crippen LogP contribution >= 0.6 is 11.6 Å². The number of hydrogen-bond donors (Lipinski definition) is 2. The van der Waals surface area contributed by atoms with Crippen LogP contribution in [0.15, 0.2) is 30.6 Å². The quantitative estimate of drug-likeness (QED) is 0.656. The van der Waals surface area contributed by atoms with Crippen LogP contribution in [-0.2, 0) is 6.61 Å². The molecule has 1 aromatic heterocycles. The number of benzene rings is 1. The third-order valence-electron chi connectivity index (χ3n) is 2.13. The van der Waals surface area contributed by atoms with Crippen LogP contribution in [-0.4, -0.2) is 9.97 Å². The Morgan fingerprint density at radius 2 is 2.17 bits per heavy atom. The largest absolute Gasteiger partial charge is 0.487 e. The zero-order valence-electron chi connectivity index (χ0n) is 9.23. The predicted molar refractivity (Wildman–Crippen MR) is 65.6 cm³/mol. The first-order valence-corrected chi connectivity index (χ1v) is 5.42. The summed E-state index contributed by atoms with van der Waals surface area (Å²) in [7, 11) is 0. The molecule has 1 aromatic carbocycles. The van der Waals surface area contributed by atoms with E-state index in [-0.39, 0.29) is 11.6 Å². The highest BCUT2D eigenvalue weighted by Gasteiger charge is 2.03. The molecular formula is C11H10ClFN4O. The smallest absolute Gasteiger partial charge is 0.158 e. The van der Waals surface area contributed by atoms with Gasteiger partial charge in [-0.05, 0) is 12.1 Å². The Morgan fingerprint density at radius 1 is 1.33 bits per heavy atom. The molecule has 7 heteroatoms. The Balaban J connectivity index is 1.99. The fourth-order valence-electron chi connectivity index (χ4n) is 1.23. The second-order valence-corrected chi connectivity index (χ2v) is 3.81. The molecule has 3 N–H and O–H groups in total. The summed E-state index contributed by atoms with van der Waals surface area (Å²) in [5.74, 6) is 5.60. The van der Waals surface area contributed by atoms with Crippen molar-refractivity contribution in [2.24, 2.45) is 5.84 Å². The maximum absolute atomic E-state index is 12.9. The minimum atomic E-state index is -0.484. The molecule has 94 valence electrons. The van der Waals surface area contributed by atoms with E-state index in [0.717, 1.165) is 0 Å². The third-order valence-corrected chi connectivity index (χ3v) is 2.42. The molecule has 0 fully saturated rings. The first-order valence-electron chi connectivity index (χ1n) is 5.04. The first kappa shape index (κ1) is 12.5. The molecule has 2 aromatic rings. The van der Waals surface area contributed by atoms with E-state index in [9.17, 15) is 4.39 Å². The lowest BCUT2D eigenvalue weighted by atomic mass is 10.3. The predicted octanol–water partition coefficient (Wildman–Crippen LogP) is 2.13. The van der Waals surface area contributed by atoms with Crippen LogP contribution in [0.2, 0.25) is 5.02 Å². The van der Waals surface area contributed by atoms with Crippen molar-refractivity contribution in [3.63, 3.8) is 0 Å². The Kier molecular flexibility index (Phi) is 3.91. The monoisotopic (exact) mass is 268 g/mol. The molecule has 0 bridgehead atoms. The molecule has 0 amide bonds. The van der Waals surface area contributed by atoms with Gasteiger partial charge in [0.15, 0.2) is 5.82 Å². The number of nitrogens with two attached hydrogens (primary N) is 1. The Bertz CT molecular complexity index is 535. The van der Waals surface area contributed by atoms with Crippen LogP contribution in [0.3, 0.4) is 0 Å². The summed E-state index contributed by atoms with van der Waals surface area (Å²) in [6, 6.07) is 4.13. The number of nitrogens with zero attached hydrogens (tertiary/aromatic N) is 2. The van der Waals surface area contributed by atoms with Crippen molar-refractivity contribution in [1.29, 1.82) is 0 Å². The summed E-state index contributed by atoms with van der Waals surface area (Å²) < 4.78 is 18.3. The van der Waals surface area contributed by atoms with Crippen LogP contribution in [0, 0.1) is 5.82 Å². The second kappa shape index (κ2) is 5.61. The zero-order chi connectivity index (χ0) is 13.0. The zero-order valence-corrected chi connectivity index (χ0v) is 9.99. The molecule has 0 aliphatic heterocycles. The minimum Gasteiger partial charge on any atom is -0.487 e. The van der Waals surface area contributed by atoms with E-state index >= 15 is 0 Å². The van der Waals surface area contributed by atoms with Gasteiger partial charge in [-0.15, -0.1) is 0 Å². The van der Waals surface area contributed by atoms with E-state index in [1.165, 1.54) is 30.6 Å². The third kappa shape index (κ3) is 3.06. The molecule has 0 atom stereocenters. The van der Waals surface area contributed by atoms with Gasteiger partial charge < -0.3 is 10.2 Å². The summed E-state index contributed by atoms with van der Waals surface area (Å²) in [4.78, 5) is 8.04. The van der Waals surface area contributed by atoms with Crippen LogP contribution in [0.1, 0.15) is 5.69 Å². The van der Waals surface area contributed by atoms with Crippen molar-refractivity contribution in [2.45, 2.75) is 6.61 Å². The van der Waals surface area contributed by atoms with E-state index in [4.69, 9.17) is 22.2 Å². The van der Waals surface area contributed by atoms with E-state index in [2.05, 4.69) is 15.4 Å². The summed E-state index contributed by atoms with van der Waals surface area (Å²) in [5, 5.41) is 0.0151. The lowest BCUT2D eigenvalue weighted by Crippen LogP contribution is -2.09. The van der Waals surface area contributed by atoms with Gasteiger partial charge in [0, 0.05) is 6.07 Å². The maximum atomic E-state index is 12.9. The molecule has 0 saturated heterocycles. The van der Waals surface area contributed by atoms with Crippen molar-refractivity contribution >= 4 is 17.4 Å². The molecule has 0 saturated carbocycles. The summed E-state index contributed by atoms with van der Waals surface area (Å²) >= 11 is 5.63. The molecule has 0 radical (unpaired) electrons. The number of aromatic nitrogens is 2. The van der Waals surface area contributed by atoms with Gasteiger partial charge >= 0.3 is 0 Å². The average Bonchev–Trinajstić information content (AvgIpc) is 2.41. The van der Waals surface area contributed by atoms with Gasteiger partial charge in [-0.1, -0.05) is 11.6 Å². The highest BCUT2D eigenvalue weighted by Crippen LogP contribution is 2.21. The van der Waals surface area contributed by atoms with Crippen molar-refractivity contribution in [2.75, 3.05) is 5.43 Å². The Hall–Kier alpha value is -1.92. The van der Waals surface area contributed by atoms with Crippen LogP contribution in [0.25, 0.3) is 0 Å². The van der Waals surface area contributed by atoms with Gasteiger partial charge in [0.05, 0.1) is 23.1 Å².